The van der Waals surface area contributed by atoms with Crippen LogP contribution in [0.1, 0.15) is 291 Å². The van der Waals surface area contributed by atoms with Crippen LogP contribution in [0.2, 0.25) is 0 Å². The Morgan fingerprint density at radius 2 is 0.644 bits per heavy atom. The van der Waals surface area contributed by atoms with E-state index in [4.69, 9.17) is 14.2 Å². The van der Waals surface area contributed by atoms with E-state index in [2.05, 4.69) is 34.6 Å². The maximum absolute atomic E-state index is 12.8. The van der Waals surface area contributed by atoms with Crippen molar-refractivity contribution in [1.29, 1.82) is 0 Å². The molecule has 0 saturated heterocycles. The van der Waals surface area contributed by atoms with Crippen LogP contribution in [0.4, 0.5) is 0 Å². The Bertz CT molecular complexity index is 902. The highest BCUT2D eigenvalue weighted by Crippen LogP contribution is 2.18. The van der Waals surface area contributed by atoms with E-state index in [0.29, 0.717) is 19.3 Å². The molecule has 0 radical (unpaired) electrons. The summed E-state index contributed by atoms with van der Waals surface area (Å²) in [5.41, 5.74) is 0. The van der Waals surface area contributed by atoms with Crippen LogP contribution >= 0.6 is 0 Å². The first-order chi connectivity index (χ1) is 28.8. The molecule has 0 heterocycles. The zero-order chi connectivity index (χ0) is 43.3. The number of carbonyl (C=O) groups excluding carboxylic acids is 3. The summed E-state index contributed by atoms with van der Waals surface area (Å²) >= 11 is 0. The second-order valence-corrected chi connectivity index (χ2v) is 18.9. The summed E-state index contributed by atoms with van der Waals surface area (Å²) in [4.78, 5) is 38.0. The molecule has 0 spiro atoms. The van der Waals surface area contributed by atoms with Gasteiger partial charge in [0.25, 0.3) is 0 Å². The zero-order valence-corrected chi connectivity index (χ0v) is 40.4. The van der Waals surface area contributed by atoms with Crippen LogP contribution in [0.15, 0.2) is 0 Å². The average Bonchev–Trinajstić information content (AvgIpc) is 3.22. The summed E-state index contributed by atoms with van der Waals surface area (Å²) in [6.45, 7) is 11.4. The lowest BCUT2D eigenvalue weighted by Gasteiger charge is -2.18. The highest BCUT2D eigenvalue weighted by Gasteiger charge is 2.19. The first kappa shape index (κ1) is 57.4. The standard InChI is InChI=1S/C53H102O6/c1-6-8-9-10-11-12-13-17-23-28-33-38-43-51(54)57-46-50(47-58-52(55)44-39-34-29-24-20-19-22-27-32-37-42-49(5)7-2)59-53(56)45-40-35-30-25-18-15-14-16-21-26-31-36-41-48(3)4/h48-50H,6-47H2,1-5H3/t49?,50-/m1/s1. The minimum Gasteiger partial charge on any atom is -0.462 e. The molecule has 0 rings (SSSR count). The van der Waals surface area contributed by atoms with Crippen molar-refractivity contribution in [2.75, 3.05) is 13.2 Å². The zero-order valence-electron chi connectivity index (χ0n) is 40.4. The van der Waals surface area contributed by atoms with Crippen molar-refractivity contribution in [1.82, 2.24) is 0 Å². The third-order valence-corrected chi connectivity index (χ3v) is 12.3. The van der Waals surface area contributed by atoms with Gasteiger partial charge < -0.3 is 14.2 Å². The summed E-state index contributed by atoms with van der Waals surface area (Å²) in [5.74, 6) is 0.855. The Morgan fingerprint density at radius 3 is 0.966 bits per heavy atom. The van der Waals surface area contributed by atoms with Gasteiger partial charge >= 0.3 is 17.9 Å². The van der Waals surface area contributed by atoms with Gasteiger partial charge in [0.05, 0.1) is 0 Å². The van der Waals surface area contributed by atoms with Gasteiger partial charge in [0.1, 0.15) is 13.2 Å². The number of esters is 3. The SMILES string of the molecule is CCCCCCCCCCCCCCC(=O)OC[C@H](COC(=O)CCCCCCCCCCCCC(C)CC)OC(=O)CCCCCCCCCCCCCCC(C)C. The molecule has 59 heavy (non-hydrogen) atoms. The fourth-order valence-corrected chi connectivity index (χ4v) is 7.96. The molecule has 0 aromatic heterocycles. The second kappa shape index (κ2) is 45.9. The topological polar surface area (TPSA) is 78.9 Å². The van der Waals surface area contributed by atoms with E-state index in [1.54, 1.807) is 0 Å². The number of hydrogen-bond acceptors (Lipinski definition) is 6. The van der Waals surface area contributed by atoms with E-state index in [1.807, 2.05) is 0 Å². The molecule has 6 heteroatoms. The van der Waals surface area contributed by atoms with Gasteiger partial charge in [0.2, 0.25) is 0 Å². The Hall–Kier alpha value is -1.59. The van der Waals surface area contributed by atoms with Gasteiger partial charge in [-0.05, 0) is 31.1 Å². The van der Waals surface area contributed by atoms with Gasteiger partial charge in [-0.25, -0.2) is 0 Å². The van der Waals surface area contributed by atoms with E-state index in [1.165, 1.54) is 180 Å². The number of carbonyl (C=O) groups is 3. The summed E-state index contributed by atoms with van der Waals surface area (Å²) in [6, 6.07) is 0. The van der Waals surface area contributed by atoms with E-state index >= 15 is 0 Å². The van der Waals surface area contributed by atoms with Crippen molar-refractivity contribution in [2.45, 2.75) is 298 Å². The quantitative estimate of drug-likeness (QED) is 0.0345. The molecule has 0 saturated carbocycles. The van der Waals surface area contributed by atoms with Crippen LogP contribution in [0.5, 0.6) is 0 Å². The van der Waals surface area contributed by atoms with Gasteiger partial charge in [-0.3, -0.25) is 14.4 Å². The van der Waals surface area contributed by atoms with Crippen LogP contribution in [0.25, 0.3) is 0 Å². The largest absolute Gasteiger partial charge is 0.462 e. The smallest absolute Gasteiger partial charge is 0.306 e. The van der Waals surface area contributed by atoms with E-state index < -0.39 is 6.10 Å². The molecule has 0 N–H and O–H groups in total. The normalized spacial score (nSPS) is 12.5. The minimum atomic E-state index is -0.761. The lowest BCUT2D eigenvalue weighted by Crippen LogP contribution is -2.30. The van der Waals surface area contributed by atoms with Gasteiger partial charge in [0, 0.05) is 19.3 Å². The summed E-state index contributed by atoms with van der Waals surface area (Å²) < 4.78 is 16.8. The maximum atomic E-state index is 12.8. The predicted molar refractivity (Wildman–Crippen MR) is 252 cm³/mol. The molecule has 350 valence electrons. The maximum Gasteiger partial charge on any atom is 0.306 e. The predicted octanol–water partition coefficient (Wildman–Crippen LogP) is 16.9. The molecule has 0 aliphatic carbocycles. The van der Waals surface area contributed by atoms with Crippen molar-refractivity contribution in [2.24, 2.45) is 11.8 Å². The monoisotopic (exact) mass is 835 g/mol. The van der Waals surface area contributed by atoms with E-state index in [9.17, 15) is 14.4 Å². The molecular weight excluding hydrogens is 733 g/mol. The molecule has 0 aliphatic heterocycles. The molecule has 2 atom stereocenters. The molecule has 0 amide bonds. The molecule has 0 aliphatic rings. The molecule has 1 unspecified atom stereocenters. The molecule has 0 bridgehead atoms. The number of ether oxygens (including phenoxy) is 3. The van der Waals surface area contributed by atoms with Crippen molar-refractivity contribution in [3.05, 3.63) is 0 Å². The number of rotatable bonds is 47. The average molecular weight is 835 g/mol. The second-order valence-electron chi connectivity index (χ2n) is 18.9. The van der Waals surface area contributed by atoms with Crippen LogP contribution in [-0.2, 0) is 28.6 Å². The third-order valence-electron chi connectivity index (χ3n) is 12.3. The Morgan fingerprint density at radius 1 is 0.356 bits per heavy atom. The van der Waals surface area contributed by atoms with Gasteiger partial charge in [-0.2, -0.15) is 0 Å². The first-order valence-electron chi connectivity index (χ1n) is 26.3. The van der Waals surface area contributed by atoms with Crippen molar-refractivity contribution in [3.63, 3.8) is 0 Å². The van der Waals surface area contributed by atoms with E-state index in [-0.39, 0.29) is 31.1 Å². The van der Waals surface area contributed by atoms with Crippen LogP contribution in [-0.4, -0.2) is 37.2 Å². The highest BCUT2D eigenvalue weighted by atomic mass is 16.6. The molecular formula is C53H102O6. The Labute approximate surface area is 368 Å². The summed E-state index contributed by atoms with van der Waals surface area (Å²) in [7, 11) is 0. The van der Waals surface area contributed by atoms with E-state index in [0.717, 1.165) is 69.6 Å². The molecule has 0 fully saturated rings. The van der Waals surface area contributed by atoms with Crippen molar-refractivity contribution in [3.8, 4) is 0 Å². The van der Waals surface area contributed by atoms with Gasteiger partial charge in [-0.1, -0.05) is 253 Å². The fraction of sp³-hybridized carbons (Fsp3) is 0.943. The number of unbranched alkanes of at least 4 members (excludes halogenated alkanes) is 31. The van der Waals surface area contributed by atoms with Gasteiger partial charge in [0.15, 0.2) is 6.10 Å². The Kier molecular flexibility index (Phi) is 44.7. The molecule has 0 aromatic rings. The summed E-state index contributed by atoms with van der Waals surface area (Å²) in [5, 5.41) is 0. The lowest BCUT2D eigenvalue weighted by molar-refractivity contribution is -0.167. The fourth-order valence-electron chi connectivity index (χ4n) is 7.96. The number of hydrogen-bond donors (Lipinski definition) is 0. The molecule has 0 aromatic carbocycles. The minimum absolute atomic E-state index is 0.0636. The first-order valence-corrected chi connectivity index (χ1v) is 26.3. The molecule has 6 nitrogen and oxygen atoms in total. The van der Waals surface area contributed by atoms with Crippen LogP contribution in [0.3, 0.4) is 0 Å². The third kappa shape index (κ3) is 45.8. The van der Waals surface area contributed by atoms with Gasteiger partial charge in [-0.15, -0.1) is 0 Å². The van der Waals surface area contributed by atoms with Crippen LogP contribution < -0.4 is 0 Å². The summed E-state index contributed by atoms with van der Waals surface area (Å²) in [6.07, 6.45) is 46.5. The Balaban J connectivity index is 4.32. The van der Waals surface area contributed by atoms with Crippen molar-refractivity contribution >= 4 is 17.9 Å². The van der Waals surface area contributed by atoms with Crippen LogP contribution in [0, 0.1) is 11.8 Å². The highest BCUT2D eigenvalue weighted by molar-refractivity contribution is 5.71. The van der Waals surface area contributed by atoms with Crippen molar-refractivity contribution < 1.29 is 28.6 Å². The lowest BCUT2D eigenvalue weighted by atomic mass is 9.99.